The number of rotatable bonds is 4. The summed E-state index contributed by atoms with van der Waals surface area (Å²) >= 11 is 0. The number of ether oxygens (including phenoxy) is 2. The highest BCUT2D eigenvalue weighted by Crippen LogP contribution is 2.45. The van der Waals surface area contributed by atoms with Crippen molar-refractivity contribution in [1.29, 1.82) is 5.26 Å². The van der Waals surface area contributed by atoms with Crippen LogP contribution in [0.15, 0.2) is 48.7 Å². The van der Waals surface area contributed by atoms with Crippen molar-refractivity contribution in [3.05, 3.63) is 71.2 Å². The largest absolute Gasteiger partial charge is 0.495 e. The standard InChI is InChI=1S/C25H22N4O2/c1-30-23-16(13-26)8-9-20-19(23)12-21(27-20)22-14-29-10-11-31-24(25(29)28-22)18-5-3-2-4-17(18)15-6-7-15/h2-5,8-9,12,14-15,24,27H,6-7,10-11H2,1H3. The van der Waals surface area contributed by atoms with E-state index >= 15 is 0 Å². The number of nitriles is 1. The topological polar surface area (TPSA) is 75.9 Å². The molecule has 1 aliphatic carbocycles. The Hall–Kier alpha value is -3.56. The van der Waals surface area contributed by atoms with Gasteiger partial charge in [-0.1, -0.05) is 24.3 Å². The first-order valence-corrected chi connectivity index (χ1v) is 10.6. The summed E-state index contributed by atoms with van der Waals surface area (Å²) in [5, 5.41) is 10.3. The Balaban J connectivity index is 1.44. The van der Waals surface area contributed by atoms with Crippen LogP contribution in [-0.4, -0.2) is 28.3 Å². The first kappa shape index (κ1) is 18.2. The van der Waals surface area contributed by atoms with E-state index in [1.54, 1.807) is 13.2 Å². The van der Waals surface area contributed by atoms with Crippen molar-refractivity contribution in [2.45, 2.75) is 31.4 Å². The zero-order valence-electron chi connectivity index (χ0n) is 17.3. The Morgan fingerprint density at radius 3 is 2.81 bits per heavy atom. The molecule has 0 saturated heterocycles. The molecule has 2 aromatic heterocycles. The summed E-state index contributed by atoms with van der Waals surface area (Å²) in [5.41, 5.74) is 5.84. The highest BCUT2D eigenvalue weighted by atomic mass is 16.5. The second kappa shape index (κ2) is 7.00. The molecule has 0 amide bonds. The first-order valence-electron chi connectivity index (χ1n) is 10.6. The molecule has 1 fully saturated rings. The van der Waals surface area contributed by atoms with E-state index in [-0.39, 0.29) is 6.10 Å². The predicted octanol–water partition coefficient (Wildman–Crippen LogP) is 4.91. The van der Waals surface area contributed by atoms with Gasteiger partial charge in [0.05, 0.1) is 25.0 Å². The Morgan fingerprint density at radius 1 is 1.19 bits per heavy atom. The van der Waals surface area contributed by atoms with Gasteiger partial charge in [-0.3, -0.25) is 0 Å². The minimum Gasteiger partial charge on any atom is -0.495 e. The highest BCUT2D eigenvalue weighted by molar-refractivity contribution is 5.92. The van der Waals surface area contributed by atoms with E-state index in [0.29, 0.717) is 23.8 Å². The van der Waals surface area contributed by atoms with Gasteiger partial charge in [-0.15, -0.1) is 0 Å². The molecule has 1 N–H and O–H groups in total. The number of nitrogens with one attached hydrogen (secondary N) is 1. The van der Waals surface area contributed by atoms with E-state index in [9.17, 15) is 5.26 Å². The van der Waals surface area contributed by atoms with Crippen LogP contribution in [-0.2, 0) is 11.3 Å². The van der Waals surface area contributed by atoms with Crippen LogP contribution in [0.3, 0.4) is 0 Å². The van der Waals surface area contributed by atoms with Crippen molar-refractivity contribution in [2.75, 3.05) is 13.7 Å². The van der Waals surface area contributed by atoms with Gasteiger partial charge in [-0.2, -0.15) is 5.26 Å². The third-order valence-electron chi connectivity index (χ3n) is 6.31. The molecule has 6 heteroatoms. The number of benzene rings is 2. The van der Waals surface area contributed by atoms with Crippen molar-refractivity contribution in [3.63, 3.8) is 0 Å². The fourth-order valence-electron chi connectivity index (χ4n) is 4.66. The lowest BCUT2D eigenvalue weighted by molar-refractivity contribution is 0.0424. The molecule has 2 aromatic carbocycles. The molecule has 4 aromatic rings. The molecule has 6 nitrogen and oxygen atoms in total. The SMILES string of the molecule is COc1c(C#N)ccc2[nH]c(-c3cn4c(n3)C(c3ccccc3C3CC3)OCC4)cc12. The predicted molar refractivity (Wildman–Crippen MR) is 117 cm³/mol. The Morgan fingerprint density at radius 2 is 2.03 bits per heavy atom. The second-order valence-electron chi connectivity index (χ2n) is 8.23. The highest BCUT2D eigenvalue weighted by Gasteiger charge is 2.32. The van der Waals surface area contributed by atoms with E-state index in [2.05, 4.69) is 46.1 Å². The lowest BCUT2D eigenvalue weighted by Crippen LogP contribution is -2.23. The molecular formula is C25H22N4O2. The number of H-pyrrole nitrogens is 1. The molecule has 1 aliphatic heterocycles. The molecule has 0 radical (unpaired) electrons. The fraction of sp³-hybridized carbons (Fsp3) is 0.280. The van der Waals surface area contributed by atoms with Crippen LogP contribution < -0.4 is 4.74 Å². The van der Waals surface area contributed by atoms with Crippen molar-refractivity contribution in [3.8, 4) is 23.2 Å². The number of nitrogens with zero attached hydrogens (tertiary/aromatic N) is 3. The maximum atomic E-state index is 9.38. The van der Waals surface area contributed by atoms with Crippen LogP contribution in [0.1, 0.15) is 47.4 Å². The van der Waals surface area contributed by atoms with E-state index in [4.69, 9.17) is 14.5 Å². The zero-order valence-corrected chi connectivity index (χ0v) is 17.3. The summed E-state index contributed by atoms with van der Waals surface area (Å²) in [6.45, 7) is 1.45. The van der Waals surface area contributed by atoms with Gasteiger partial charge in [0.2, 0.25) is 0 Å². The van der Waals surface area contributed by atoms with E-state index in [1.165, 1.54) is 24.0 Å². The number of aromatic amines is 1. The minimum absolute atomic E-state index is 0.150. The average Bonchev–Trinajstić information content (AvgIpc) is 3.41. The first-order chi connectivity index (χ1) is 15.3. The van der Waals surface area contributed by atoms with E-state index < -0.39 is 0 Å². The molecule has 154 valence electrons. The van der Waals surface area contributed by atoms with Gasteiger partial charge < -0.3 is 19.0 Å². The number of hydrogen-bond donors (Lipinski definition) is 1. The maximum Gasteiger partial charge on any atom is 0.146 e. The zero-order chi connectivity index (χ0) is 20.9. The third kappa shape index (κ3) is 2.93. The summed E-state index contributed by atoms with van der Waals surface area (Å²) < 4.78 is 13.9. The molecule has 1 unspecified atom stereocenters. The summed E-state index contributed by atoms with van der Waals surface area (Å²) in [6, 6.07) is 16.5. The monoisotopic (exact) mass is 410 g/mol. The number of methoxy groups -OCH3 is 1. The van der Waals surface area contributed by atoms with Crippen LogP contribution in [0.5, 0.6) is 5.75 Å². The fourth-order valence-corrected chi connectivity index (χ4v) is 4.66. The second-order valence-corrected chi connectivity index (χ2v) is 8.23. The van der Waals surface area contributed by atoms with Crippen molar-refractivity contribution < 1.29 is 9.47 Å². The van der Waals surface area contributed by atoms with Gasteiger partial charge in [-0.05, 0) is 48.1 Å². The van der Waals surface area contributed by atoms with Crippen LogP contribution in [0, 0.1) is 11.3 Å². The molecule has 0 spiro atoms. The van der Waals surface area contributed by atoms with Crippen LogP contribution >= 0.6 is 0 Å². The Kier molecular flexibility index (Phi) is 4.12. The number of fused-ring (bicyclic) bond motifs is 2. The van der Waals surface area contributed by atoms with Gasteiger partial charge in [0.25, 0.3) is 0 Å². The van der Waals surface area contributed by atoms with Gasteiger partial charge >= 0.3 is 0 Å². The van der Waals surface area contributed by atoms with Gasteiger partial charge in [0, 0.05) is 23.6 Å². The third-order valence-corrected chi connectivity index (χ3v) is 6.31. The minimum atomic E-state index is -0.150. The van der Waals surface area contributed by atoms with Crippen molar-refractivity contribution in [2.24, 2.45) is 0 Å². The van der Waals surface area contributed by atoms with Crippen LogP contribution in [0.25, 0.3) is 22.3 Å². The van der Waals surface area contributed by atoms with Crippen molar-refractivity contribution >= 4 is 10.9 Å². The number of aromatic nitrogens is 3. The van der Waals surface area contributed by atoms with E-state index in [0.717, 1.165) is 34.7 Å². The van der Waals surface area contributed by atoms with Crippen molar-refractivity contribution in [1.82, 2.24) is 14.5 Å². The lowest BCUT2D eigenvalue weighted by atomic mass is 9.98. The normalized spacial score (nSPS) is 18.0. The van der Waals surface area contributed by atoms with Crippen LogP contribution in [0.4, 0.5) is 0 Å². The molecule has 1 saturated carbocycles. The molecular weight excluding hydrogens is 388 g/mol. The molecule has 2 aliphatic rings. The Bertz CT molecular complexity index is 1340. The molecule has 1 atom stereocenters. The summed E-state index contributed by atoms with van der Waals surface area (Å²) in [4.78, 5) is 8.43. The van der Waals surface area contributed by atoms with E-state index in [1.807, 2.05) is 12.1 Å². The lowest BCUT2D eigenvalue weighted by Gasteiger charge is -2.26. The van der Waals surface area contributed by atoms with Crippen LogP contribution in [0.2, 0.25) is 0 Å². The molecule has 0 bridgehead atoms. The average molecular weight is 410 g/mol. The maximum absolute atomic E-state index is 9.38. The summed E-state index contributed by atoms with van der Waals surface area (Å²) in [7, 11) is 1.59. The Labute approximate surface area is 180 Å². The molecule has 6 rings (SSSR count). The summed E-state index contributed by atoms with van der Waals surface area (Å²) in [6.07, 6.45) is 4.45. The molecule has 3 heterocycles. The quantitative estimate of drug-likeness (QED) is 0.519. The smallest absolute Gasteiger partial charge is 0.146 e. The number of imidazole rings is 1. The van der Waals surface area contributed by atoms with Gasteiger partial charge in [-0.25, -0.2) is 4.98 Å². The van der Waals surface area contributed by atoms with Gasteiger partial charge in [0.15, 0.2) is 0 Å². The van der Waals surface area contributed by atoms with Gasteiger partial charge in [0.1, 0.15) is 29.4 Å². The summed E-state index contributed by atoms with van der Waals surface area (Å²) in [5.74, 6) is 2.18. The molecule has 31 heavy (non-hydrogen) atoms. The number of hydrogen-bond acceptors (Lipinski definition) is 4.